The third-order valence-corrected chi connectivity index (χ3v) is 6.69. The molecular weight excluding hydrogens is 374 g/mol. The van der Waals surface area contributed by atoms with Crippen LogP contribution in [0.15, 0.2) is 28.6 Å². The van der Waals surface area contributed by atoms with Gasteiger partial charge in [-0.25, -0.2) is 13.1 Å². The van der Waals surface area contributed by atoms with Gasteiger partial charge in [-0.1, -0.05) is 35.6 Å². The van der Waals surface area contributed by atoms with Crippen LogP contribution in [0.1, 0.15) is 30.9 Å². The van der Waals surface area contributed by atoms with E-state index in [1.54, 1.807) is 0 Å². The first-order valence-corrected chi connectivity index (χ1v) is 10.6. The molecule has 2 aromatic rings. The van der Waals surface area contributed by atoms with Crippen LogP contribution < -0.4 is 10.0 Å². The number of likely N-dealkylation sites (tertiary alicyclic amines) is 1. The van der Waals surface area contributed by atoms with Crippen LogP contribution in [-0.2, 0) is 27.9 Å². The summed E-state index contributed by atoms with van der Waals surface area (Å²) in [5.41, 5.74) is 2.06. The number of sulfonamides is 1. The summed E-state index contributed by atoms with van der Waals surface area (Å²) in [5, 5.41) is 9.92. The van der Waals surface area contributed by atoms with Gasteiger partial charge in [-0.2, -0.15) is 0 Å². The predicted octanol–water partition coefficient (Wildman–Crippen LogP) is 1.57. The van der Waals surface area contributed by atoms with Gasteiger partial charge in [0.05, 0.1) is 0 Å². The number of nitrogens with one attached hydrogen (secondary N) is 2. The maximum absolute atomic E-state index is 12.4. The molecule has 1 saturated heterocycles. The Kier molecular flexibility index (Phi) is 5.97. The number of nitrogens with zero attached hydrogens (tertiary/aromatic N) is 3. The average molecular weight is 396 g/mol. The highest BCUT2D eigenvalue weighted by molar-refractivity contribution is 7.91. The van der Waals surface area contributed by atoms with Gasteiger partial charge in [0.15, 0.2) is 0 Å². The second kappa shape index (κ2) is 8.21. The molecule has 1 aliphatic rings. The summed E-state index contributed by atoms with van der Waals surface area (Å²) >= 11 is 0.821. The van der Waals surface area contributed by atoms with E-state index in [-0.39, 0.29) is 21.9 Å². The van der Waals surface area contributed by atoms with Crippen LogP contribution in [0.5, 0.6) is 0 Å². The van der Waals surface area contributed by atoms with Crippen molar-refractivity contribution < 1.29 is 13.2 Å². The summed E-state index contributed by atoms with van der Waals surface area (Å²) in [6, 6.07) is 7.82. The van der Waals surface area contributed by atoms with Crippen LogP contribution in [-0.4, -0.2) is 42.5 Å². The van der Waals surface area contributed by atoms with Crippen molar-refractivity contribution in [1.29, 1.82) is 0 Å². The summed E-state index contributed by atoms with van der Waals surface area (Å²) in [6.07, 6.45) is 2.42. The molecule has 8 nitrogen and oxygen atoms in total. The molecule has 10 heteroatoms. The van der Waals surface area contributed by atoms with Gasteiger partial charge in [0, 0.05) is 20.0 Å². The Morgan fingerprint density at radius 3 is 2.58 bits per heavy atom. The number of hydrogen-bond acceptors (Lipinski definition) is 7. The molecule has 3 rings (SSSR count). The molecule has 1 amide bonds. The normalized spacial score (nSPS) is 15.3. The van der Waals surface area contributed by atoms with Crippen LogP contribution >= 0.6 is 11.3 Å². The molecule has 0 saturated carbocycles. The number of rotatable bonds is 7. The van der Waals surface area contributed by atoms with Gasteiger partial charge >= 0.3 is 0 Å². The van der Waals surface area contributed by atoms with Gasteiger partial charge in [-0.3, -0.25) is 9.69 Å². The number of carbonyl (C=O) groups is 1. The number of anilines is 1. The zero-order valence-electron chi connectivity index (χ0n) is 14.4. The molecule has 2 heterocycles. The number of aromatic nitrogens is 2. The Hall–Kier alpha value is -1.88. The molecule has 0 atom stereocenters. The molecular formula is C16H21N5O3S2. The van der Waals surface area contributed by atoms with Crippen molar-refractivity contribution in [3.63, 3.8) is 0 Å². The fourth-order valence-electron chi connectivity index (χ4n) is 2.82. The van der Waals surface area contributed by atoms with Crippen molar-refractivity contribution in [3.8, 4) is 0 Å². The van der Waals surface area contributed by atoms with E-state index >= 15 is 0 Å². The first kappa shape index (κ1) is 18.9. The van der Waals surface area contributed by atoms with Crippen LogP contribution in [0.25, 0.3) is 0 Å². The average Bonchev–Trinajstić information content (AvgIpc) is 3.26. The summed E-state index contributed by atoms with van der Waals surface area (Å²) in [7, 11) is -3.79. The van der Waals surface area contributed by atoms with Crippen LogP contribution in [0.2, 0.25) is 0 Å². The molecule has 26 heavy (non-hydrogen) atoms. The van der Waals surface area contributed by atoms with E-state index in [9.17, 15) is 13.2 Å². The standard InChI is InChI=1S/C16H21N5O3S2/c1-12(22)18-15-19-20-16(25-15)26(23,24)17-10-13-6-2-3-7-14(13)11-21-8-4-5-9-21/h2-3,6-7,17H,4-5,8-11H2,1H3,(H,18,19,22). The molecule has 1 aliphatic heterocycles. The lowest BCUT2D eigenvalue weighted by Crippen LogP contribution is -2.25. The molecule has 2 N–H and O–H groups in total. The fourth-order valence-corrected chi connectivity index (χ4v) is 4.81. The second-order valence-electron chi connectivity index (χ2n) is 6.13. The predicted molar refractivity (Wildman–Crippen MR) is 99.2 cm³/mol. The van der Waals surface area contributed by atoms with E-state index in [1.807, 2.05) is 24.3 Å². The zero-order valence-corrected chi connectivity index (χ0v) is 16.1. The van der Waals surface area contributed by atoms with Crippen molar-refractivity contribution in [1.82, 2.24) is 19.8 Å². The number of amides is 1. The summed E-state index contributed by atoms with van der Waals surface area (Å²) in [5.74, 6) is -0.325. The lowest BCUT2D eigenvalue weighted by Gasteiger charge is -2.17. The summed E-state index contributed by atoms with van der Waals surface area (Å²) in [4.78, 5) is 13.4. The number of benzene rings is 1. The maximum atomic E-state index is 12.4. The summed E-state index contributed by atoms with van der Waals surface area (Å²) in [6.45, 7) is 4.49. The lowest BCUT2D eigenvalue weighted by molar-refractivity contribution is -0.114. The van der Waals surface area contributed by atoms with Crippen molar-refractivity contribution in [2.75, 3.05) is 18.4 Å². The van der Waals surface area contributed by atoms with Gasteiger partial charge in [0.1, 0.15) is 0 Å². The highest BCUT2D eigenvalue weighted by Gasteiger charge is 2.21. The highest BCUT2D eigenvalue weighted by Crippen LogP contribution is 2.21. The van der Waals surface area contributed by atoms with Crippen molar-refractivity contribution in [2.24, 2.45) is 0 Å². The van der Waals surface area contributed by atoms with E-state index in [0.29, 0.717) is 0 Å². The Balaban J connectivity index is 1.67. The van der Waals surface area contributed by atoms with Crippen LogP contribution in [0.4, 0.5) is 5.13 Å². The van der Waals surface area contributed by atoms with Gasteiger partial charge in [0.2, 0.25) is 15.4 Å². The van der Waals surface area contributed by atoms with Crippen molar-refractivity contribution in [3.05, 3.63) is 35.4 Å². The van der Waals surface area contributed by atoms with Gasteiger partial charge in [-0.05, 0) is 37.1 Å². The minimum atomic E-state index is -3.79. The van der Waals surface area contributed by atoms with Gasteiger partial charge in [0.25, 0.3) is 10.0 Å². The van der Waals surface area contributed by atoms with Crippen LogP contribution in [0, 0.1) is 0 Å². The Labute approximate surface area is 156 Å². The third kappa shape index (κ3) is 4.85. The quantitative estimate of drug-likeness (QED) is 0.690. The van der Waals surface area contributed by atoms with Crippen molar-refractivity contribution in [2.45, 2.75) is 37.2 Å². The monoisotopic (exact) mass is 395 g/mol. The molecule has 1 fully saturated rings. The van der Waals surface area contributed by atoms with Crippen LogP contribution in [0.3, 0.4) is 0 Å². The molecule has 0 bridgehead atoms. The van der Waals surface area contributed by atoms with Gasteiger partial charge in [-0.15, -0.1) is 10.2 Å². The topological polar surface area (TPSA) is 104 Å². The summed E-state index contributed by atoms with van der Waals surface area (Å²) < 4.78 is 27.3. The minimum Gasteiger partial charge on any atom is -0.301 e. The lowest BCUT2D eigenvalue weighted by atomic mass is 10.1. The Bertz CT molecular complexity index is 876. The molecule has 0 radical (unpaired) electrons. The fraction of sp³-hybridized carbons (Fsp3) is 0.438. The Morgan fingerprint density at radius 1 is 1.19 bits per heavy atom. The molecule has 1 aromatic heterocycles. The minimum absolute atomic E-state index is 0.160. The first-order chi connectivity index (χ1) is 12.4. The van der Waals surface area contributed by atoms with E-state index in [2.05, 4.69) is 25.1 Å². The number of carbonyl (C=O) groups excluding carboxylic acids is 1. The van der Waals surface area contributed by atoms with Gasteiger partial charge < -0.3 is 5.32 Å². The second-order valence-corrected chi connectivity index (χ2v) is 9.05. The maximum Gasteiger partial charge on any atom is 0.270 e. The SMILES string of the molecule is CC(=O)Nc1nnc(S(=O)(=O)NCc2ccccc2CN2CCCC2)s1. The zero-order chi connectivity index (χ0) is 18.6. The van der Waals surface area contributed by atoms with E-state index in [1.165, 1.54) is 19.8 Å². The smallest absolute Gasteiger partial charge is 0.270 e. The highest BCUT2D eigenvalue weighted by atomic mass is 32.2. The molecule has 0 aliphatic carbocycles. The van der Waals surface area contributed by atoms with E-state index < -0.39 is 10.0 Å². The molecule has 0 spiro atoms. The molecule has 140 valence electrons. The molecule has 1 aromatic carbocycles. The Morgan fingerprint density at radius 2 is 1.88 bits per heavy atom. The third-order valence-electron chi connectivity index (χ3n) is 4.08. The first-order valence-electron chi connectivity index (χ1n) is 8.34. The largest absolute Gasteiger partial charge is 0.301 e. The van der Waals surface area contributed by atoms with Crippen molar-refractivity contribution >= 4 is 32.4 Å². The molecule has 0 unspecified atom stereocenters. The number of hydrogen-bond donors (Lipinski definition) is 2. The van der Waals surface area contributed by atoms with E-state index in [4.69, 9.17) is 0 Å². The van der Waals surface area contributed by atoms with E-state index in [0.717, 1.165) is 42.1 Å².